The fourth-order valence-electron chi connectivity index (χ4n) is 3.57. The highest BCUT2D eigenvalue weighted by Crippen LogP contribution is 2.37. The zero-order chi connectivity index (χ0) is 27.4. The molecule has 38 heavy (non-hydrogen) atoms. The molecule has 1 saturated heterocycles. The molecule has 1 N–H and O–H groups in total. The Morgan fingerprint density at radius 3 is 2.55 bits per heavy atom. The van der Waals surface area contributed by atoms with E-state index in [-0.39, 0.29) is 52.6 Å². The Hall–Kier alpha value is -4.84. The van der Waals surface area contributed by atoms with E-state index in [2.05, 4.69) is 10.1 Å². The summed E-state index contributed by atoms with van der Waals surface area (Å²) in [7, 11) is 2.62. The van der Waals surface area contributed by atoms with Crippen molar-refractivity contribution in [1.82, 2.24) is 10.2 Å². The van der Waals surface area contributed by atoms with Crippen molar-refractivity contribution in [3.05, 3.63) is 92.0 Å². The quantitative estimate of drug-likeness (QED) is 0.137. The number of urea groups is 1. The van der Waals surface area contributed by atoms with Crippen LogP contribution in [0.15, 0.2) is 58.6 Å². The first kappa shape index (κ1) is 26.2. The number of hydrogen-bond acceptors (Lipinski definition) is 9. The molecule has 0 saturated carbocycles. The first-order valence-corrected chi connectivity index (χ1v) is 11.3. The number of hydrogen-bond donors (Lipinski definition) is 1. The Kier molecular flexibility index (Phi) is 7.63. The number of amides is 3. The van der Waals surface area contributed by atoms with Gasteiger partial charge < -0.3 is 23.9 Å². The number of non-ortho nitro benzene ring substituents is 1. The van der Waals surface area contributed by atoms with E-state index in [0.29, 0.717) is 11.1 Å². The second-order valence-corrected chi connectivity index (χ2v) is 8.31. The van der Waals surface area contributed by atoms with Gasteiger partial charge >= 0.3 is 12.0 Å². The van der Waals surface area contributed by atoms with Crippen LogP contribution in [0.2, 0.25) is 5.02 Å². The minimum atomic E-state index is -0.695. The molecule has 2 aromatic carbocycles. The van der Waals surface area contributed by atoms with Crippen LogP contribution < -0.4 is 14.8 Å². The van der Waals surface area contributed by atoms with E-state index in [9.17, 15) is 24.5 Å². The Labute approximate surface area is 220 Å². The van der Waals surface area contributed by atoms with Gasteiger partial charge in [-0.05, 0) is 42.0 Å². The molecule has 1 aliphatic rings. The zero-order valence-corrected chi connectivity index (χ0v) is 20.8. The molecule has 4 rings (SSSR count). The van der Waals surface area contributed by atoms with Crippen molar-refractivity contribution < 1.29 is 37.9 Å². The van der Waals surface area contributed by atoms with Crippen molar-refractivity contribution in [3.8, 4) is 11.5 Å². The molecule has 0 radical (unpaired) electrons. The van der Waals surface area contributed by atoms with E-state index < -0.39 is 22.8 Å². The molecule has 1 aromatic heterocycles. The first-order chi connectivity index (χ1) is 18.2. The Morgan fingerprint density at radius 2 is 1.89 bits per heavy atom. The summed E-state index contributed by atoms with van der Waals surface area (Å²) in [6.45, 7) is -0.193. The first-order valence-electron chi connectivity index (χ1n) is 11.0. The van der Waals surface area contributed by atoms with Gasteiger partial charge in [-0.3, -0.25) is 19.8 Å². The largest absolute Gasteiger partial charge is 0.493 e. The topological polar surface area (TPSA) is 150 Å². The summed E-state index contributed by atoms with van der Waals surface area (Å²) >= 11 is 6.23. The summed E-state index contributed by atoms with van der Waals surface area (Å²) in [5.74, 6) is -0.697. The lowest BCUT2D eigenvalue weighted by Crippen LogP contribution is -2.30. The van der Waals surface area contributed by atoms with Crippen LogP contribution in [0.4, 0.5) is 10.5 Å². The van der Waals surface area contributed by atoms with Gasteiger partial charge in [0.05, 0.1) is 25.7 Å². The molecule has 0 unspecified atom stereocenters. The van der Waals surface area contributed by atoms with Gasteiger partial charge in [-0.15, -0.1) is 0 Å². The Balaban J connectivity index is 1.57. The van der Waals surface area contributed by atoms with Crippen LogP contribution in [0.5, 0.6) is 11.5 Å². The van der Waals surface area contributed by atoms with Crippen molar-refractivity contribution in [2.24, 2.45) is 0 Å². The number of nitro groups is 1. The normalized spacial score (nSPS) is 14.0. The number of ether oxygens (including phenoxy) is 3. The summed E-state index contributed by atoms with van der Waals surface area (Å²) in [6, 6.07) is 11.0. The molecule has 12 nitrogen and oxygen atoms in total. The molecular weight excluding hydrogens is 522 g/mol. The van der Waals surface area contributed by atoms with Crippen LogP contribution in [-0.2, 0) is 22.7 Å². The van der Waals surface area contributed by atoms with Gasteiger partial charge in [0, 0.05) is 28.8 Å². The lowest BCUT2D eigenvalue weighted by atomic mass is 10.1. The Bertz CT molecular complexity index is 1450. The van der Waals surface area contributed by atoms with Gasteiger partial charge in [-0.25, -0.2) is 9.59 Å². The fraction of sp³-hybridized carbons (Fsp3) is 0.160. The van der Waals surface area contributed by atoms with Gasteiger partial charge in [0.1, 0.15) is 18.1 Å². The molecule has 0 aliphatic carbocycles. The summed E-state index contributed by atoms with van der Waals surface area (Å²) < 4.78 is 21.3. The van der Waals surface area contributed by atoms with Crippen LogP contribution in [0, 0.1) is 10.1 Å². The maximum absolute atomic E-state index is 13.0. The molecule has 0 atom stereocenters. The van der Waals surface area contributed by atoms with Crippen molar-refractivity contribution in [2.45, 2.75) is 13.2 Å². The van der Waals surface area contributed by atoms with E-state index in [1.807, 2.05) is 0 Å². The number of esters is 1. The van der Waals surface area contributed by atoms with Gasteiger partial charge in [-0.2, -0.15) is 0 Å². The van der Waals surface area contributed by atoms with E-state index in [1.165, 1.54) is 56.7 Å². The second kappa shape index (κ2) is 11.0. The molecule has 196 valence electrons. The lowest BCUT2D eigenvalue weighted by molar-refractivity contribution is -0.384. The number of nitro benzene ring substituents is 1. The van der Waals surface area contributed by atoms with Gasteiger partial charge in [0.25, 0.3) is 11.6 Å². The number of furan rings is 1. The van der Waals surface area contributed by atoms with Crippen molar-refractivity contribution in [2.75, 3.05) is 14.2 Å². The highest BCUT2D eigenvalue weighted by atomic mass is 35.5. The van der Waals surface area contributed by atoms with Crippen molar-refractivity contribution >= 4 is 41.3 Å². The minimum Gasteiger partial charge on any atom is -0.493 e. The molecule has 3 amide bonds. The standard InChI is InChI=1S/C25H20ClN3O9/c1-35-21-11-16(26)9-15(22(21)37-13-14-3-5-17(6-4-14)29(33)34)10-19-23(30)28(25(32)27-19)12-18-7-8-20(38-18)24(31)36-2/h3-11H,12-13H2,1-2H3,(H,27,32)/b19-10+. The molecular formula is C25H20ClN3O9. The molecule has 1 aliphatic heterocycles. The third kappa shape index (κ3) is 5.60. The third-order valence-electron chi connectivity index (χ3n) is 5.42. The molecule has 2 heterocycles. The van der Waals surface area contributed by atoms with E-state index in [1.54, 1.807) is 12.1 Å². The average Bonchev–Trinajstić information content (AvgIpc) is 3.48. The van der Waals surface area contributed by atoms with Crippen LogP contribution in [0.1, 0.15) is 27.4 Å². The van der Waals surface area contributed by atoms with Crippen LogP contribution in [0.3, 0.4) is 0 Å². The summed E-state index contributed by atoms with van der Waals surface area (Å²) in [4.78, 5) is 48.4. The summed E-state index contributed by atoms with van der Waals surface area (Å²) in [6.07, 6.45) is 1.39. The number of benzene rings is 2. The van der Waals surface area contributed by atoms with Gasteiger partial charge in [0.2, 0.25) is 5.76 Å². The van der Waals surface area contributed by atoms with E-state index >= 15 is 0 Å². The van der Waals surface area contributed by atoms with E-state index in [0.717, 1.165) is 4.90 Å². The number of carbonyl (C=O) groups excluding carboxylic acids is 3. The van der Waals surface area contributed by atoms with E-state index in [4.69, 9.17) is 25.5 Å². The summed E-state index contributed by atoms with van der Waals surface area (Å²) in [5, 5.41) is 13.7. The SMILES string of the molecule is COC(=O)c1ccc(CN2C(=O)N/C(=C/c3cc(Cl)cc(OC)c3OCc3ccc([N+](=O)[O-])cc3)C2=O)o1. The predicted octanol–water partition coefficient (Wildman–Crippen LogP) is 4.31. The predicted molar refractivity (Wildman–Crippen MR) is 133 cm³/mol. The number of methoxy groups -OCH3 is 2. The van der Waals surface area contributed by atoms with Crippen LogP contribution >= 0.6 is 11.6 Å². The molecule has 0 bridgehead atoms. The number of halogens is 1. The number of nitrogens with zero attached hydrogens (tertiary/aromatic N) is 2. The highest BCUT2D eigenvalue weighted by molar-refractivity contribution is 6.31. The van der Waals surface area contributed by atoms with Gasteiger partial charge in [0.15, 0.2) is 11.5 Å². The third-order valence-corrected chi connectivity index (χ3v) is 5.64. The fourth-order valence-corrected chi connectivity index (χ4v) is 3.79. The Morgan fingerprint density at radius 1 is 1.16 bits per heavy atom. The molecule has 3 aromatic rings. The monoisotopic (exact) mass is 541 g/mol. The van der Waals surface area contributed by atoms with Crippen molar-refractivity contribution in [1.29, 1.82) is 0 Å². The molecule has 13 heteroatoms. The number of rotatable bonds is 9. The lowest BCUT2D eigenvalue weighted by Gasteiger charge is -2.14. The van der Waals surface area contributed by atoms with Crippen molar-refractivity contribution in [3.63, 3.8) is 0 Å². The number of carbonyl (C=O) groups is 3. The van der Waals surface area contributed by atoms with Gasteiger partial charge in [-0.1, -0.05) is 11.6 Å². The summed E-state index contributed by atoms with van der Waals surface area (Å²) in [5.41, 5.74) is 0.874. The van der Waals surface area contributed by atoms with Crippen LogP contribution in [-0.4, -0.2) is 42.0 Å². The molecule has 1 fully saturated rings. The average molecular weight is 542 g/mol. The van der Waals surface area contributed by atoms with Crippen LogP contribution in [0.25, 0.3) is 6.08 Å². The smallest absolute Gasteiger partial charge is 0.373 e. The second-order valence-electron chi connectivity index (χ2n) is 7.88. The number of nitrogens with one attached hydrogen (secondary N) is 1. The minimum absolute atomic E-state index is 0.0274. The number of imide groups is 1. The maximum Gasteiger partial charge on any atom is 0.373 e. The highest BCUT2D eigenvalue weighted by Gasteiger charge is 2.35. The molecule has 0 spiro atoms. The zero-order valence-electron chi connectivity index (χ0n) is 20.1. The maximum atomic E-state index is 13.0.